The molecule has 0 spiro atoms. The third-order valence-corrected chi connectivity index (χ3v) is 3.64. The van der Waals surface area contributed by atoms with Gasteiger partial charge in [-0.3, -0.25) is 9.69 Å². The van der Waals surface area contributed by atoms with Gasteiger partial charge in [0.05, 0.1) is 0 Å². The maximum atomic E-state index is 11.8. The van der Waals surface area contributed by atoms with E-state index in [1.807, 2.05) is 25.1 Å². The highest BCUT2D eigenvalue weighted by Crippen LogP contribution is 2.14. The van der Waals surface area contributed by atoms with E-state index in [-0.39, 0.29) is 11.8 Å². The molecule has 1 atom stereocenters. The van der Waals surface area contributed by atoms with Crippen LogP contribution in [-0.4, -0.2) is 29.8 Å². The minimum atomic E-state index is -0.173. The fourth-order valence-corrected chi connectivity index (χ4v) is 1.93. The number of rotatable bonds is 7. The molecule has 19 heavy (non-hydrogen) atoms. The Hall–Kier alpha value is -1.06. The van der Waals surface area contributed by atoms with Crippen LogP contribution in [-0.2, 0) is 11.3 Å². The van der Waals surface area contributed by atoms with Gasteiger partial charge in [0.1, 0.15) is 0 Å². The van der Waals surface area contributed by atoms with E-state index >= 15 is 0 Å². The van der Waals surface area contributed by atoms with E-state index in [2.05, 4.69) is 30.1 Å². The lowest BCUT2D eigenvalue weighted by atomic mass is 10.1. The number of carbonyl (C=O) groups excluding carboxylic acids is 1. The predicted molar refractivity (Wildman–Crippen MR) is 81.6 cm³/mol. The third-order valence-electron chi connectivity index (χ3n) is 3.17. The standard InChI is InChI=1S/C15H23ClN2O/c1-4-18(5-2)11-13-7-6-8-14(9-13)17-15(19)12(3)10-16/h6-9,12H,4-5,10-11H2,1-3H3,(H,17,19). The lowest BCUT2D eigenvalue weighted by molar-refractivity contribution is -0.118. The summed E-state index contributed by atoms with van der Waals surface area (Å²) < 4.78 is 0. The largest absolute Gasteiger partial charge is 0.326 e. The average Bonchev–Trinajstić information content (AvgIpc) is 2.44. The van der Waals surface area contributed by atoms with Crippen molar-refractivity contribution < 1.29 is 4.79 Å². The van der Waals surface area contributed by atoms with Gasteiger partial charge in [0.25, 0.3) is 0 Å². The fraction of sp³-hybridized carbons (Fsp3) is 0.533. The number of hydrogen-bond acceptors (Lipinski definition) is 2. The zero-order valence-corrected chi connectivity index (χ0v) is 12.7. The highest BCUT2D eigenvalue weighted by atomic mass is 35.5. The molecule has 1 aromatic rings. The number of nitrogens with one attached hydrogen (secondary N) is 1. The smallest absolute Gasteiger partial charge is 0.228 e. The summed E-state index contributed by atoms with van der Waals surface area (Å²) in [6.45, 7) is 9.07. The van der Waals surface area contributed by atoms with Crippen molar-refractivity contribution in [2.24, 2.45) is 5.92 Å². The quantitative estimate of drug-likeness (QED) is 0.778. The molecule has 3 nitrogen and oxygen atoms in total. The molecule has 0 saturated heterocycles. The van der Waals surface area contributed by atoms with Crippen LogP contribution in [0, 0.1) is 5.92 Å². The van der Waals surface area contributed by atoms with Crippen LogP contribution in [0.2, 0.25) is 0 Å². The first-order valence-electron chi connectivity index (χ1n) is 6.78. The van der Waals surface area contributed by atoms with Crippen molar-refractivity contribution in [2.75, 3.05) is 24.3 Å². The molecule has 1 unspecified atom stereocenters. The molecule has 1 amide bonds. The van der Waals surface area contributed by atoms with Crippen molar-refractivity contribution in [1.29, 1.82) is 0 Å². The molecule has 0 aliphatic rings. The molecular weight excluding hydrogens is 260 g/mol. The fourth-order valence-electron chi connectivity index (χ4n) is 1.79. The highest BCUT2D eigenvalue weighted by molar-refractivity contribution is 6.19. The maximum absolute atomic E-state index is 11.8. The van der Waals surface area contributed by atoms with Gasteiger partial charge in [0, 0.05) is 24.0 Å². The Morgan fingerprint density at radius 1 is 1.37 bits per heavy atom. The zero-order valence-electron chi connectivity index (χ0n) is 11.9. The molecule has 1 rings (SSSR count). The monoisotopic (exact) mass is 282 g/mol. The lowest BCUT2D eigenvalue weighted by Crippen LogP contribution is -2.23. The maximum Gasteiger partial charge on any atom is 0.228 e. The topological polar surface area (TPSA) is 32.3 Å². The molecule has 0 saturated carbocycles. The summed E-state index contributed by atoms with van der Waals surface area (Å²) in [5.41, 5.74) is 2.05. The van der Waals surface area contributed by atoms with Crippen LogP contribution >= 0.6 is 11.6 Å². The van der Waals surface area contributed by atoms with E-state index in [1.165, 1.54) is 5.56 Å². The average molecular weight is 283 g/mol. The van der Waals surface area contributed by atoms with Crippen molar-refractivity contribution >= 4 is 23.2 Å². The highest BCUT2D eigenvalue weighted by Gasteiger charge is 2.11. The molecule has 0 heterocycles. The molecule has 1 aromatic carbocycles. The number of halogens is 1. The number of anilines is 1. The lowest BCUT2D eigenvalue weighted by Gasteiger charge is -2.18. The van der Waals surface area contributed by atoms with Crippen LogP contribution in [0.25, 0.3) is 0 Å². The van der Waals surface area contributed by atoms with Crippen molar-refractivity contribution in [2.45, 2.75) is 27.3 Å². The van der Waals surface area contributed by atoms with E-state index in [1.54, 1.807) is 0 Å². The summed E-state index contributed by atoms with van der Waals surface area (Å²) in [6, 6.07) is 7.99. The molecule has 0 bridgehead atoms. The molecule has 1 N–H and O–H groups in total. The SMILES string of the molecule is CCN(CC)Cc1cccc(NC(=O)C(C)CCl)c1. The third kappa shape index (κ3) is 5.21. The van der Waals surface area contributed by atoms with Crippen LogP contribution in [0.5, 0.6) is 0 Å². The number of nitrogens with zero attached hydrogens (tertiary/aromatic N) is 1. The van der Waals surface area contributed by atoms with Crippen molar-refractivity contribution in [3.63, 3.8) is 0 Å². The van der Waals surface area contributed by atoms with E-state index in [0.717, 1.165) is 25.3 Å². The summed E-state index contributed by atoms with van der Waals surface area (Å²) in [6.07, 6.45) is 0. The summed E-state index contributed by atoms with van der Waals surface area (Å²) in [5, 5.41) is 2.90. The Balaban J connectivity index is 2.69. The zero-order chi connectivity index (χ0) is 14.3. The number of hydrogen-bond donors (Lipinski definition) is 1. The van der Waals surface area contributed by atoms with Gasteiger partial charge in [0.15, 0.2) is 0 Å². The van der Waals surface area contributed by atoms with Gasteiger partial charge in [-0.15, -0.1) is 11.6 Å². The molecule has 4 heteroatoms. The van der Waals surface area contributed by atoms with Crippen LogP contribution in [0.3, 0.4) is 0 Å². The second kappa shape index (κ2) is 8.18. The number of alkyl halides is 1. The van der Waals surface area contributed by atoms with Crippen LogP contribution < -0.4 is 5.32 Å². The van der Waals surface area contributed by atoms with E-state index in [9.17, 15) is 4.79 Å². The Morgan fingerprint density at radius 3 is 2.63 bits per heavy atom. The van der Waals surface area contributed by atoms with Gasteiger partial charge < -0.3 is 5.32 Å². The van der Waals surface area contributed by atoms with Crippen LogP contribution in [0.15, 0.2) is 24.3 Å². The minimum absolute atomic E-state index is 0.0324. The van der Waals surface area contributed by atoms with Crippen molar-refractivity contribution in [1.82, 2.24) is 4.90 Å². The Labute approximate surface area is 120 Å². The van der Waals surface area contributed by atoms with Crippen molar-refractivity contribution in [3.8, 4) is 0 Å². The number of amides is 1. The second-order valence-corrected chi connectivity index (χ2v) is 5.01. The van der Waals surface area contributed by atoms with Gasteiger partial charge >= 0.3 is 0 Å². The minimum Gasteiger partial charge on any atom is -0.326 e. The molecule has 0 fully saturated rings. The molecule has 106 valence electrons. The molecule has 0 aliphatic heterocycles. The molecule has 0 aromatic heterocycles. The second-order valence-electron chi connectivity index (χ2n) is 4.71. The summed E-state index contributed by atoms with van der Waals surface area (Å²) in [7, 11) is 0. The first-order valence-corrected chi connectivity index (χ1v) is 7.32. The van der Waals surface area contributed by atoms with Crippen molar-refractivity contribution in [3.05, 3.63) is 29.8 Å². The van der Waals surface area contributed by atoms with Gasteiger partial charge in [-0.25, -0.2) is 0 Å². The Morgan fingerprint density at radius 2 is 2.05 bits per heavy atom. The number of benzene rings is 1. The van der Waals surface area contributed by atoms with Gasteiger partial charge in [-0.05, 0) is 30.8 Å². The van der Waals surface area contributed by atoms with E-state index < -0.39 is 0 Å². The van der Waals surface area contributed by atoms with Gasteiger partial charge in [0.2, 0.25) is 5.91 Å². The molecular formula is C15H23ClN2O. The summed E-state index contributed by atoms with van der Waals surface area (Å²) in [4.78, 5) is 14.1. The first kappa shape index (κ1) is 16.0. The molecule has 0 radical (unpaired) electrons. The summed E-state index contributed by atoms with van der Waals surface area (Å²) >= 11 is 5.68. The van der Waals surface area contributed by atoms with Crippen LogP contribution in [0.1, 0.15) is 26.3 Å². The Kier molecular flexibility index (Phi) is 6.89. The Bertz CT molecular complexity index is 405. The van der Waals surface area contributed by atoms with Crippen LogP contribution in [0.4, 0.5) is 5.69 Å². The van der Waals surface area contributed by atoms with E-state index in [4.69, 9.17) is 11.6 Å². The normalized spacial score (nSPS) is 12.5. The van der Waals surface area contributed by atoms with E-state index in [0.29, 0.717) is 5.88 Å². The summed E-state index contributed by atoms with van der Waals surface area (Å²) in [5.74, 6) is 0.133. The van der Waals surface area contributed by atoms with Gasteiger partial charge in [-0.1, -0.05) is 32.9 Å². The first-order chi connectivity index (χ1) is 9.10. The number of carbonyl (C=O) groups is 1. The van der Waals surface area contributed by atoms with Gasteiger partial charge in [-0.2, -0.15) is 0 Å². The molecule has 0 aliphatic carbocycles. The predicted octanol–water partition coefficient (Wildman–Crippen LogP) is 3.34.